The highest BCUT2D eigenvalue weighted by atomic mass is 32.2. The van der Waals surface area contributed by atoms with Gasteiger partial charge < -0.3 is 34.6 Å². The molecule has 1 aromatic carbocycles. The average molecular weight is 893 g/mol. The van der Waals surface area contributed by atoms with E-state index in [0.29, 0.717) is 37.3 Å². The van der Waals surface area contributed by atoms with Gasteiger partial charge in [0.25, 0.3) is 11.9 Å². The number of para-hydroxylation sites is 1. The highest BCUT2D eigenvalue weighted by Gasteiger charge is 2.62. The molecule has 7 rings (SSSR count). The van der Waals surface area contributed by atoms with Gasteiger partial charge >= 0.3 is 16.3 Å². The van der Waals surface area contributed by atoms with Crippen LogP contribution in [0.15, 0.2) is 42.7 Å². The van der Waals surface area contributed by atoms with Crippen LogP contribution in [0.4, 0.5) is 10.6 Å². The first-order chi connectivity index (χ1) is 29.9. The number of alkyl carbamates (subject to hydrolysis) is 1. The molecule has 342 valence electrons. The van der Waals surface area contributed by atoms with Crippen LogP contribution >= 0.6 is 0 Å². The Labute approximate surface area is 368 Å². The van der Waals surface area contributed by atoms with Gasteiger partial charge in [-0.25, -0.2) is 14.5 Å². The van der Waals surface area contributed by atoms with Crippen molar-refractivity contribution in [2.24, 2.45) is 5.92 Å². The number of amides is 4. The summed E-state index contributed by atoms with van der Waals surface area (Å²) in [5.74, 6) is -1.77. The first-order valence-corrected chi connectivity index (χ1v) is 23.2. The SMILES string of the molecule is CC(C)n1c(O[C@@H]2C[C@H]3C(=O)N[C@]4(C(=O)NS(=O)(=O)N(C)C)C[C@H]4/C=C\CCCCC[C@H](NC(=O)OC(C)(C)C)C(=O)N3C2)nc2c(-c3cnc(N4CCOCC4)cn3)cccc21. The molecule has 5 atom stereocenters. The Bertz CT molecular complexity index is 2320. The molecule has 0 unspecified atom stereocenters. The molecule has 2 aromatic heterocycles. The minimum Gasteiger partial charge on any atom is -0.459 e. The van der Waals surface area contributed by atoms with Gasteiger partial charge in [-0.1, -0.05) is 37.1 Å². The number of allylic oxidation sites excluding steroid dienone is 1. The van der Waals surface area contributed by atoms with Gasteiger partial charge in [0.2, 0.25) is 11.8 Å². The molecule has 2 saturated heterocycles. The maximum absolute atomic E-state index is 14.7. The molecule has 3 N–H and O–H groups in total. The molecule has 3 fully saturated rings. The Kier molecular flexibility index (Phi) is 13.3. The Morgan fingerprint density at radius 1 is 1.06 bits per heavy atom. The van der Waals surface area contributed by atoms with E-state index in [4.69, 9.17) is 29.2 Å². The number of fused-ring (bicyclic) bond motifs is 3. The van der Waals surface area contributed by atoms with Gasteiger partial charge in [-0.15, -0.1) is 0 Å². The molecule has 19 nitrogen and oxygen atoms in total. The van der Waals surface area contributed by atoms with Crippen molar-refractivity contribution in [1.29, 1.82) is 0 Å². The second kappa shape index (κ2) is 18.4. The van der Waals surface area contributed by atoms with Gasteiger partial charge in [-0.2, -0.15) is 17.7 Å². The predicted octanol–water partition coefficient (Wildman–Crippen LogP) is 3.47. The molecular formula is C43H60N10O9S. The quantitative estimate of drug-likeness (QED) is 0.263. The Hall–Kier alpha value is -5.34. The molecule has 0 spiro atoms. The lowest BCUT2D eigenvalue weighted by atomic mass is 10.0. The molecule has 3 aromatic rings. The van der Waals surface area contributed by atoms with Gasteiger partial charge in [-0.05, 0) is 66.4 Å². The van der Waals surface area contributed by atoms with Crippen molar-refractivity contribution < 1.29 is 41.8 Å². The van der Waals surface area contributed by atoms with Crippen molar-refractivity contribution in [2.75, 3.05) is 51.8 Å². The summed E-state index contributed by atoms with van der Waals surface area (Å²) < 4.78 is 48.3. The van der Waals surface area contributed by atoms with Gasteiger partial charge in [0.1, 0.15) is 40.7 Å². The summed E-state index contributed by atoms with van der Waals surface area (Å²) >= 11 is 0. The number of ether oxygens (including phenoxy) is 3. The van der Waals surface area contributed by atoms with E-state index in [1.54, 1.807) is 33.2 Å². The zero-order chi connectivity index (χ0) is 45.3. The second-order valence-electron chi connectivity index (χ2n) is 18.1. The fourth-order valence-corrected chi connectivity index (χ4v) is 8.96. The van der Waals surface area contributed by atoms with E-state index in [-0.39, 0.29) is 37.9 Å². The first kappa shape index (κ1) is 45.7. The van der Waals surface area contributed by atoms with E-state index < -0.39 is 69.3 Å². The van der Waals surface area contributed by atoms with Crippen LogP contribution in [0.2, 0.25) is 0 Å². The topological polar surface area (TPSA) is 220 Å². The fraction of sp³-hybridized carbons (Fsp3) is 0.605. The van der Waals surface area contributed by atoms with Crippen molar-refractivity contribution in [2.45, 2.75) is 115 Å². The largest absolute Gasteiger partial charge is 0.459 e. The molecule has 4 aliphatic rings. The van der Waals surface area contributed by atoms with Crippen LogP contribution < -0.4 is 25.0 Å². The van der Waals surface area contributed by atoms with Crippen molar-refractivity contribution >= 4 is 50.9 Å². The Balaban J connectivity index is 1.21. The Morgan fingerprint density at radius 2 is 1.83 bits per heavy atom. The average Bonchev–Trinajstić information content (AvgIpc) is 3.54. The predicted molar refractivity (Wildman–Crippen MR) is 234 cm³/mol. The van der Waals surface area contributed by atoms with Gasteiger partial charge in [-0.3, -0.25) is 23.9 Å². The summed E-state index contributed by atoms with van der Waals surface area (Å²) in [4.78, 5) is 74.3. The molecule has 0 radical (unpaired) electrons. The highest BCUT2D eigenvalue weighted by molar-refractivity contribution is 7.87. The van der Waals surface area contributed by atoms with E-state index in [2.05, 4.69) is 20.3 Å². The number of morpholine rings is 1. The van der Waals surface area contributed by atoms with E-state index in [1.165, 1.54) is 19.0 Å². The standard InChI is InChI=1S/C43H60N10O9S/c1-27(2)53-33-17-13-15-30(32-24-45-35(25-44-32)51-18-20-60-21-19-51)36(33)47-40(53)61-29-22-34-37(54)48-43(39(56)49-63(58,59)50(6)7)23-28(43)14-11-9-8-10-12-16-31(38(55)52(34)26-29)46-41(57)62-42(3,4)5/h11,13-15,17,24-25,27-29,31,34H,8-10,12,16,18-23,26H2,1-7H3,(H,46,57)(H,48,54)(H,49,56)/b14-11-/t28-,29-,31+,34+,43-/m1/s1. The number of nitrogens with one attached hydrogen (secondary N) is 3. The maximum Gasteiger partial charge on any atom is 0.408 e. The molecule has 20 heteroatoms. The number of carbonyl (C=O) groups excluding carboxylic acids is 4. The lowest BCUT2D eigenvalue weighted by molar-refractivity contribution is -0.141. The first-order valence-electron chi connectivity index (χ1n) is 21.7. The smallest absolute Gasteiger partial charge is 0.408 e. The molecule has 0 bridgehead atoms. The molecular weight excluding hydrogens is 833 g/mol. The van der Waals surface area contributed by atoms with Crippen molar-refractivity contribution in [3.63, 3.8) is 0 Å². The van der Waals surface area contributed by atoms with Crippen LogP contribution in [0.5, 0.6) is 6.01 Å². The minimum atomic E-state index is -4.19. The molecule has 1 saturated carbocycles. The number of rotatable bonds is 9. The number of imidazole rings is 1. The lowest BCUT2D eigenvalue weighted by Gasteiger charge is -2.30. The molecule has 4 amide bonds. The summed E-state index contributed by atoms with van der Waals surface area (Å²) in [7, 11) is -1.61. The number of benzene rings is 1. The summed E-state index contributed by atoms with van der Waals surface area (Å²) in [6, 6.07) is 3.73. The maximum atomic E-state index is 14.7. The number of nitrogens with zero attached hydrogens (tertiary/aromatic N) is 7. The zero-order valence-corrected chi connectivity index (χ0v) is 37.9. The van der Waals surface area contributed by atoms with E-state index in [9.17, 15) is 27.6 Å². The number of anilines is 1. The van der Waals surface area contributed by atoms with Crippen molar-refractivity contribution in [3.8, 4) is 17.3 Å². The highest BCUT2D eigenvalue weighted by Crippen LogP contribution is 2.46. The second-order valence-corrected chi connectivity index (χ2v) is 20.0. The lowest BCUT2D eigenvalue weighted by Crippen LogP contribution is -2.58. The molecule has 5 heterocycles. The molecule has 1 aliphatic carbocycles. The van der Waals surface area contributed by atoms with Crippen LogP contribution in [-0.4, -0.2) is 137 Å². The van der Waals surface area contributed by atoms with Crippen LogP contribution in [0, 0.1) is 5.92 Å². The van der Waals surface area contributed by atoms with Crippen molar-refractivity contribution in [1.82, 2.24) is 44.1 Å². The van der Waals surface area contributed by atoms with E-state index in [0.717, 1.165) is 47.1 Å². The summed E-state index contributed by atoms with van der Waals surface area (Å²) in [5, 5.41) is 5.64. The van der Waals surface area contributed by atoms with Crippen LogP contribution in [0.25, 0.3) is 22.3 Å². The number of hydrogen-bond donors (Lipinski definition) is 3. The Morgan fingerprint density at radius 3 is 2.51 bits per heavy atom. The normalized spacial score (nSPS) is 25.4. The van der Waals surface area contributed by atoms with Crippen LogP contribution in [0.3, 0.4) is 0 Å². The van der Waals surface area contributed by atoms with E-state index >= 15 is 0 Å². The fourth-order valence-electron chi connectivity index (χ4n) is 8.36. The third-order valence-electron chi connectivity index (χ3n) is 11.8. The molecule has 3 aliphatic heterocycles. The third-order valence-corrected chi connectivity index (χ3v) is 13.2. The summed E-state index contributed by atoms with van der Waals surface area (Å²) in [6.45, 7) is 11.8. The van der Waals surface area contributed by atoms with Crippen molar-refractivity contribution in [3.05, 3.63) is 42.7 Å². The monoisotopic (exact) mass is 892 g/mol. The number of carbonyl (C=O) groups is 4. The number of hydrogen-bond acceptors (Lipinski definition) is 13. The summed E-state index contributed by atoms with van der Waals surface area (Å²) in [6.07, 6.45) is 8.95. The van der Waals surface area contributed by atoms with Gasteiger partial charge in [0.05, 0.1) is 43.4 Å². The molecule has 63 heavy (non-hydrogen) atoms. The summed E-state index contributed by atoms with van der Waals surface area (Å²) in [5.41, 5.74) is 0.379. The zero-order valence-electron chi connectivity index (χ0n) is 37.1. The van der Waals surface area contributed by atoms with Gasteiger partial charge in [0.15, 0.2) is 0 Å². The minimum absolute atomic E-state index is 0.00751. The number of aromatic nitrogens is 4. The third kappa shape index (κ3) is 10.2. The van der Waals surface area contributed by atoms with Crippen LogP contribution in [0.1, 0.15) is 85.6 Å². The van der Waals surface area contributed by atoms with E-state index in [1.807, 2.05) is 48.8 Å². The van der Waals surface area contributed by atoms with Gasteiger partial charge in [0, 0.05) is 51.1 Å². The van der Waals surface area contributed by atoms with Crippen LogP contribution in [-0.2, 0) is 34.1 Å².